The van der Waals surface area contributed by atoms with E-state index in [2.05, 4.69) is 12.4 Å². The highest BCUT2D eigenvalue weighted by Crippen LogP contribution is 2.06. The van der Waals surface area contributed by atoms with Crippen LogP contribution in [0.2, 0.25) is 0 Å². The van der Waals surface area contributed by atoms with Crippen LogP contribution in [0.15, 0.2) is 48.5 Å². The van der Waals surface area contributed by atoms with Crippen LogP contribution < -0.4 is 10.2 Å². The van der Waals surface area contributed by atoms with Crippen LogP contribution in [0.5, 0.6) is 0 Å². The Morgan fingerprint density at radius 3 is 1.79 bits per heavy atom. The summed E-state index contributed by atoms with van der Waals surface area (Å²) in [4.78, 5) is 24.3. The van der Waals surface area contributed by atoms with E-state index in [0.29, 0.717) is 11.1 Å². The van der Waals surface area contributed by atoms with Crippen LogP contribution in [-0.4, -0.2) is 33.1 Å². The van der Waals surface area contributed by atoms with Crippen LogP contribution in [0.4, 0.5) is 0 Å². The van der Waals surface area contributed by atoms with Crippen molar-refractivity contribution in [1.82, 2.24) is 5.32 Å². The molecule has 0 aliphatic carbocycles. The third kappa shape index (κ3) is 4.67. The summed E-state index contributed by atoms with van der Waals surface area (Å²) in [5, 5.41) is 2.61. The second kappa shape index (κ2) is 8.26. The Labute approximate surface area is 142 Å². The highest BCUT2D eigenvalue weighted by molar-refractivity contribution is 5.93. The number of quaternary nitrogens is 1. The van der Waals surface area contributed by atoms with Crippen molar-refractivity contribution in [2.45, 2.75) is 13.1 Å². The molecule has 0 radical (unpaired) electrons. The van der Waals surface area contributed by atoms with Gasteiger partial charge in [-0.15, -0.1) is 0 Å². The maximum absolute atomic E-state index is 11.5. The normalized spacial score (nSPS) is 11.6. The van der Waals surface area contributed by atoms with Gasteiger partial charge in [0, 0.05) is 23.7 Å². The average Bonchev–Trinajstić information content (AvgIpc) is 2.61. The fourth-order valence-electron chi connectivity index (χ4n) is 2.55. The predicted octanol–water partition coefficient (Wildman–Crippen LogP) is 1.05. The molecule has 0 heterocycles. The lowest BCUT2D eigenvalue weighted by atomic mass is 10.1. The molecular formula is C19H23N2O3+. The van der Waals surface area contributed by atoms with Gasteiger partial charge < -0.3 is 15.0 Å². The molecule has 0 saturated carbocycles. The van der Waals surface area contributed by atoms with E-state index in [-0.39, 0.29) is 11.9 Å². The molecule has 1 atom stereocenters. The number of methoxy groups -OCH3 is 1. The van der Waals surface area contributed by atoms with E-state index in [1.165, 1.54) is 17.6 Å². The Morgan fingerprint density at radius 1 is 0.917 bits per heavy atom. The fraction of sp³-hybridized carbons (Fsp3) is 0.263. The molecule has 24 heavy (non-hydrogen) atoms. The minimum Gasteiger partial charge on any atom is -0.465 e. The monoisotopic (exact) mass is 327 g/mol. The number of carbonyl (C=O) groups excluding carboxylic acids is 2. The lowest BCUT2D eigenvalue weighted by molar-refractivity contribution is -0.907. The summed E-state index contributed by atoms with van der Waals surface area (Å²) in [6.07, 6.45) is 0. The standard InChI is InChI=1S/C19H22N2O3/c1-20-18(22)16-8-4-14(5-9-16)12-21(2)13-15-6-10-17(11-7-15)19(23)24-3/h4-11H,12-13H2,1-3H3,(H,20,22)/p+1. The Morgan fingerprint density at radius 2 is 1.38 bits per heavy atom. The quantitative estimate of drug-likeness (QED) is 0.780. The first kappa shape index (κ1) is 17.7. The molecule has 2 N–H and O–H groups in total. The molecular weight excluding hydrogens is 304 g/mol. The molecule has 0 aliphatic heterocycles. The van der Waals surface area contributed by atoms with Gasteiger partial charge in [0.05, 0.1) is 19.7 Å². The molecule has 0 bridgehead atoms. The predicted molar refractivity (Wildman–Crippen MR) is 91.9 cm³/mol. The Bertz CT molecular complexity index is 632. The number of benzene rings is 2. The minimum atomic E-state index is -0.321. The van der Waals surface area contributed by atoms with E-state index >= 15 is 0 Å². The van der Waals surface area contributed by atoms with E-state index in [1.54, 1.807) is 19.2 Å². The summed E-state index contributed by atoms with van der Waals surface area (Å²) in [6.45, 7) is 1.70. The van der Waals surface area contributed by atoms with Crippen LogP contribution in [0, 0.1) is 0 Å². The smallest absolute Gasteiger partial charge is 0.337 e. The van der Waals surface area contributed by atoms with Crippen LogP contribution in [-0.2, 0) is 17.8 Å². The third-order valence-corrected chi connectivity index (χ3v) is 3.83. The number of nitrogens with one attached hydrogen (secondary N) is 2. The number of amides is 1. The summed E-state index contributed by atoms with van der Waals surface area (Å²) >= 11 is 0. The number of hydrogen-bond donors (Lipinski definition) is 2. The van der Waals surface area contributed by atoms with Gasteiger partial charge in [0.1, 0.15) is 13.1 Å². The van der Waals surface area contributed by atoms with Gasteiger partial charge >= 0.3 is 5.97 Å². The molecule has 0 saturated heterocycles. The van der Waals surface area contributed by atoms with Crippen LogP contribution >= 0.6 is 0 Å². The van der Waals surface area contributed by atoms with Crippen molar-refractivity contribution in [2.75, 3.05) is 21.2 Å². The first-order chi connectivity index (χ1) is 11.5. The first-order valence-electron chi connectivity index (χ1n) is 7.83. The SMILES string of the molecule is CNC(=O)c1ccc(C[NH+](C)Cc2ccc(C(=O)OC)cc2)cc1. The van der Waals surface area contributed by atoms with Crippen molar-refractivity contribution < 1.29 is 19.2 Å². The highest BCUT2D eigenvalue weighted by atomic mass is 16.5. The number of carbonyl (C=O) groups is 2. The lowest BCUT2D eigenvalue weighted by Gasteiger charge is -2.14. The molecule has 2 aromatic rings. The van der Waals surface area contributed by atoms with Crippen molar-refractivity contribution in [1.29, 1.82) is 0 Å². The molecule has 2 rings (SSSR count). The maximum atomic E-state index is 11.5. The van der Waals surface area contributed by atoms with Crippen molar-refractivity contribution in [3.8, 4) is 0 Å². The molecule has 2 aromatic carbocycles. The van der Waals surface area contributed by atoms with Gasteiger partial charge in [-0.3, -0.25) is 4.79 Å². The Balaban J connectivity index is 1.94. The minimum absolute atomic E-state index is 0.0760. The zero-order chi connectivity index (χ0) is 17.5. The molecule has 5 nitrogen and oxygen atoms in total. The van der Waals surface area contributed by atoms with Crippen LogP contribution in [0.1, 0.15) is 31.8 Å². The second-order valence-corrected chi connectivity index (χ2v) is 5.78. The molecule has 126 valence electrons. The van der Waals surface area contributed by atoms with Gasteiger partial charge in [0.2, 0.25) is 0 Å². The molecule has 0 fully saturated rings. The fourth-order valence-corrected chi connectivity index (χ4v) is 2.55. The van der Waals surface area contributed by atoms with Gasteiger partial charge in [0.25, 0.3) is 5.91 Å². The first-order valence-corrected chi connectivity index (χ1v) is 7.83. The van der Waals surface area contributed by atoms with Crippen molar-refractivity contribution >= 4 is 11.9 Å². The van der Waals surface area contributed by atoms with E-state index in [9.17, 15) is 9.59 Å². The Hall–Kier alpha value is -2.66. The lowest BCUT2D eigenvalue weighted by Crippen LogP contribution is -3.06. The molecule has 0 spiro atoms. The van der Waals surface area contributed by atoms with Crippen LogP contribution in [0.25, 0.3) is 0 Å². The highest BCUT2D eigenvalue weighted by Gasteiger charge is 2.09. The Kier molecular flexibility index (Phi) is 6.09. The van der Waals surface area contributed by atoms with Gasteiger partial charge in [0.15, 0.2) is 0 Å². The summed E-state index contributed by atoms with van der Waals surface area (Å²) < 4.78 is 4.70. The number of esters is 1. The van der Waals surface area contributed by atoms with E-state index in [4.69, 9.17) is 4.74 Å². The maximum Gasteiger partial charge on any atom is 0.337 e. The number of rotatable bonds is 6. The molecule has 1 unspecified atom stereocenters. The number of hydrogen-bond acceptors (Lipinski definition) is 3. The van der Waals surface area contributed by atoms with Gasteiger partial charge in [-0.1, -0.05) is 24.3 Å². The summed E-state index contributed by atoms with van der Waals surface area (Å²) in [5.41, 5.74) is 3.55. The van der Waals surface area contributed by atoms with Gasteiger partial charge in [-0.25, -0.2) is 4.79 Å². The van der Waals surface area contributed by atoms with Crippen LogP contribution in [0.3, 0.4) is 0 Å². The largest absolute Gasteiger partial charge is 0.465 e. The van der Waals surface area contributed by atoms with E-state index < -0.39 is 0 Å². The zero-order valence-electron chi connectivity index (χ0n) is 14.3. The third-order valence-electron chi connectivity index (χ3n) is 3.83. The molecule has 1 amide bonds. The van der Waals surface area contributed by atoms with Crippen molar-refractivity contribution in [3.63, 3.8) is 0 Å². The van der Waals surface area contributed by atoms with Gasteiger partial charge in [-0.05, 0) is 24.3 Å². The molecule has 0 aliphatic rings. The zero-order valence-corrected chi connectivity index (χ0v) is 14.3. The van der Waals surface area contributed by atoms with Crippen molar-refractivity contribution in [3.05, 3.63) is 70.8 Å². The van der Waals surface area contributed by atoms with Crippen molar-refractivity contribution in [2.24, 2.45) is 0 Å². The van der Waals surface area contributed by atoms with Gasteiger partial charge in [-0.2, -0.15) is 0 Å². The molecule has 0 aromatic heterocycles. The summed E-state index contributed by atoms with van der Waals surface area (Å²) in [5.74, 6) is -0.397. The summed E-state index contributed by atoms with van der Waals surface area (Å²) in [6, 6.07) is 15.1. The van der Waals surface area contributed by atoms with E-state index in [0.717, 1.165) is 18.7 Å². The average molecular weight is 327 g/mol. The second-order valence-electron chi connectivity index (χ2n) is 5.78. The number of ether oxygens (including phenoxy) is 1. The van der Waals surface area contributed by atoms with E-state index in [1.807, 2.05) is 36.4 Å². The topological polar surface area (TPSA) is 59.8 Å². The molecule has 5 heteroatoms. The summed E-state index contributed by atoms with van der Waals surface area (Å²) in [7, 11) is 5.12.